The molecule has 10 heteroatoms. The number of hydrogen-bond acceptors (Lipinski definition) is 6. The number of aryl methyl sites for hydroxylation is 2. The van der Waals surface area contributed by atoms with E-state index in [-0.39, 0.29) is 29.7 Å². The number of benzene rings is 1. The Morgan fingerprint density at radius 2 is 1.90 bits per heavy atom. The van der Waals surface area contributed by atoms with Crippen molar-refractivity contribution in [1.82, 2.24) is 20.3 Å². The molecule has 0 saturated heterocycles. The minimum atomic E-state index is -0.254. The largest absolute Gasteiger partial charge is 0.483 e. The summed E-state index contributed by atoms with van der Waals surface area (Å²) in [5, 5.41) is 10.2. The molecular formula is C21H25N5O5. The molecule has 0 aliphatic rings. The van der Waals surface area contributed by atoms with Gasteiger partial charge in [0.2, 0.25) is 5.95 Å². The van der Waals surface area contributed by atoms with Crippen LogP contribution in [0.5, 0.6) is 0 Å². The second-order valence-electron chi connectivity index (χ2n) is 6.85. The van der Waals surface area contributed by atoms with Gasteiger partial charge in [0.25, 0.3) is 17.9 Å². The zero-order valence-corrected chi connectivity index (χ0v) is 17.1. The number of anilines is 1. The van der Waals surface area contributed by atoms with Crippen molar-refractivity contribution in [1.29, 1.82) is 0 Å². The number of Topliss-reactive ketones (excluding diaryl/α,β-unsaturated/α-hetero) is 1. The number of nitrogens with zero attached hydrogens (tertiary/aromatic N) is 1. The maximum Gasteiger partial charge on any atom is 0.290 e. The smallest absolute Gasteiger partial charge is 0.290 e. The molecule has 1 amide bonds. The Balaban J connectivity index is 0.00000107. The van der Waals surface area contributed by atoms with Gasteiger partial charge in [-0.05, 0) is 49.4 Å². The fraction of sp³-hybridized carbons (Fsp3) is 0.286. The van der Waals surface area contributed by atoms with E-state index < -0.39 is 0 Å². The highest BCUT2D eigenvalue weighted by Crippen LogP contribution is 2.16. The van der Waals surface area contributed by atoms with E-state index in [0.29, 0.717) is 42.4 Å². The number of aromatic nitrogens is 3. The van der Waals surface area contributed by atoms with Crippen LogP contribution in [-0.4, -0.2) is 44.8 Å². The number of nitrogen functional groups attached to an aromatic ring is 1. The molecule has 2 heterocycles. The summed E-state index contributed by atoms with van der Waals surface area (Å²) in [5.74, 6) is 0.0537. The molecule has 0 atom stereocenters. The highest BCUT2D eigenvalue weighted by atomic mass is 16.3. The molecule has 1 aromatic carbocycles. The molecule has 0 saturated carbocycles. The van der Waals surface area contributed by atoms with Gasteiger partial charge in [-0.1, -0.05) is 12.1 Å². The lowest BCUT2D eigenvalue weighted by Crippen LogP contribution is -2.24. The van der Waals surface area contributed by atoms with Crippen molar-refractivity contribution in [2.75, 3.05) is 12.3 Å². The Morgan fingerprint density at radius 3 is 2.55 bits per heavy atom. The van der Waals surface area contributed by atoms with Crippen LogP contribution >= 0.6 is 0 Å². The van der Waals surface area contributed by atoms with Crippen LogP contribution in [0.2, 0.25) is 0 Å². The van der Waals surface area contributed by atoms with E-state index in [1.165, 1.54) is 0 Å². The molecule has 164 valence electrons. The number of amides is 1. The number of nitrogens with two attached hydrogens (primary N) is 1. The van der Waals surface area contributed by atoms with Gasteiger partial charge in [-0.3, -0.25) is 19.4 Å². The number of rotatable bonds is 8. The van der Waals surface area contributed by atoms with Gasteiger partial charge in [0.15, 0.2) is 0 Å². The van der Waals surface area contributed by atoms with Crippen LogP contribution in [0.1, 0.15) is 41.3 Å². The SMILES string of the molecule is CC(=O)CCCNC(=O)c1ccc(CCc2c[nH]c3nc(N)[nH]c(=O)c23)cc1.O=CO. The molecule has 0 aliphatic carbocycles. The van der Waals surface area contributed by atoms with Crippen molar-refractivity contribution in [2.24, 2.45) is 0 Å². The predicted molar refractivity (Wildman–Crippen MR) is 116 cm³/mol. The van der Waals surface area contributed by atoms with Gasteiger partial charge < -0.3 is 25.9 Å². The first-order chi connectivity index (χ1) is 14.8. The highest BCUT2D eigenvalue weighted by Gasteiger charge is 2.10. The maximum absolute atomic E-state index is 12.1. The van der Waals surface area contributed by atoms with Crippen LogP contribution in [0.25, 0.3) is 11.0 Å². The fourth-order valence-electron chi connectivity index (χ4n) is 3.06. The van der Waals surface area contributed by atoms with Gasteiger partial charge in [-0.2, -0.15) is 4.98 Å². The normalized spacial score (nSPS) is 10.2. The van der Waals surface area contributed by atoms with Crippen molar-refractivity contribution in [3.63, 3.8) is 0 Å². The molecule has 0 aliphatic heterocycles. The van der Waals surface area contributed by atoms with Crippen LogP contribution in [0.4, 0.5) is 5.95 Å². The fourth-order valence-corrected chi connectivity index (χ4v) is 3.06. The molecular weight excluding hydrogens is 402 g/mol. The topological polar surface area (TPSA) is 171 Å². The van der Waals surface area contributed by atoms with Crippen LogP contribution in [-0.2, 0) is 22.4 Å². The zero-order chi connectivity index (χ0) is 22.8. The lowest BCUT2D eigenvalue weighted by molar-refractivity contribution is -0.123. The van der Waals surface area contributed by atoms with E-state index in [1.807, 2.05) is 12.1 Å². The Labute approximate surface area is 177 Å². The molecule has 6 N–H and O–H groups in total. The number of aromatic amines is 2. The molecule has 0 bridgehead atoms. The third kappa shape index (κ3) is 6.81. The second-order valence-corrected chi connectivity index (χ2v) is 6.85. The molecule has 3 aromatic rings. The van der Waals surface area contributed by atoms with Crippen LogP contribution < -0.4 is 16.6 Å². The molecule has 0 unspecified atom stereocenters. The van der Waals surface area contributed by atoms with Gasteiger partial charge in [0.05, 0.1) is 5.39 Å². The first-order valence-corrected chi connectivity index (χ1v) is 9.66. The number of ketones is 1. The van der Waals surface area contributed by atoms with Gasteiger partial charge in [0.1, 0.15) is 11.4 Å². The minimum Gasteiger partial charge on any atom is -0.483 e. The Kier molecular flexibility index (Phi) is 8.50. The van der Waals surface area contributed by atoms with Gasteiger partial charge in [-0.25, -0.2) is 0 Å². The van der Waals surface area contributed by atoms with Crippen LogP contribution in [0.15, 0.2) is 35.3 Å². The average Bonchev–Trinajstić information content (AvgIpc) is 3.13. The summed E-state index contributed by atoms with van der Waals surface area (Å²) in [4.78, 5) is 53.0. The van der Waals surface area contributed by atoms with Gasteiger partial charge >= 0.3 is 0 Å². The molecule has 3 rings (SSSR count). The number of carbonyl (C=O) groups excluding carboxylic acids is 2. The summed E-state index contributed by atoms with van der Waals surface area (Å²) in [6.07, 6.45) is 4.26. The lowest BCUT2D eigenvalue weighted by Gasteiger charge is -2.06. The van der Waals surface area contributed by atoms with E-state index in [1.54, 1.807) is 25.3 Å². The lowest BCUT2D eigenvalue weighted by atomic mass is 10.0. The molecule has 31 heavy (non-hydrogen) atoms. The highest BCUT2D eigenvalue weighted by molar-refractivity contribution is 5.94. The van der Waals surface area contributed by atoms with E-state index in [0.717, 1.165) is 17.5 Å². The second kappa shape index (κ2) is 11.3. The van der Waals surface area contributed by atoms with E-state index in [4.69, 9.17) is 15.6 Å². The number of hydrogen-bond donors (Lipinski definition) is 5. The van der Waals surface area contributed by atoms with Crippen LogP contribution in [0, 0.1) is 0 Å². The standard InChI is InChI=1S/C20H23N5O3.CH2O2/c1-12(26)3-2-10-22-18(27)14-7-4-13(5-8-14)6-9-15-11-23-17-16(15)19(28)25-20(21)24-17;2-1-3/h4-5,7-8,11H,2-3,6,9-10H2,1H3,(H,22,27)(H4,21,23,24,25,28);1H,(H,2,3). The molecule has 0 fully saturated rings. The number of fused-ring (bicyclic) bond motifs is 1. The van der Waals surface area contributed by atoms with Crippen molar-refractivity contribution >= 4 is 35.1 Å². The number of carboxylic acid groups (broad SMARTS) is 1. The Morgan fingerprint density at radius 1 is 1.23 bits per heavy atom. The first-order valence-electron chi connectivity index (χ1n) is 9.66. The first kappa shape index (κ1) is 23.3. The minimum absolute atomic E-state index is 0.0843. The summed E-state index contributed by atoms with van der Waals surface area (Å²) >= 11 is 0. The van der Waals surface area contributed by atoms with Crippen molar-refractivity contribution in [2.45, 2.75) is 32.6 Å². The monoisotopic (exact) mass is 427 g/mol. The van der Waals surface area contributed by atoms with Crippen LogP contribution in [0.3, 0.4) is 0 Å². The molecule has 0 spiro atoms. The van der Waals surface area contributed by atoms with Gasteiger partial charge in [-0.15, -0.1) is 0 Å². The number of nitrogens with one attached hydrogen (secondary N) is 3. The van der Waals surface area contributed by atoms with Crippen molar-refractivity contribution in [3.8, 4) is 0 Å². The third-order valence-corrected chi connectivity index (χ3v) is 4.53. The molecule has 0 radical (unpaired) electrons. The quantitative estimate of drug-likeness (QED) is 0.267. The Hall–Kier alpha value is -3.95. The van der Waals surface area contributed by atoms with Crippen molar-refractivity contribution < 1.29 is 19.5 Å². The summed E-state index contributed by atoms with van der Waals surface area (Å²) in [7, 11) is 0. The maximum atomic E-state index is 12.1. The molecule has 10 nitrogen and oxygen atoms in total. The van der Waals surface area contributed by atoms with E-state index in [9.17, 15) is 14.4 Å². The van der Waals surface area contributed by atoms with E-state index >= 15 is 0 Å². The summed E-state index contributed by atoms with van der Waals surface area (Å²) in [6.45, 7) is 1.77. The Bertz CT molecular complexity index is 1100. The van der Waals surface area contributed by atoms with Gasteiger partial charge in [0, 0.05) is 24.7 Å². The zero-order valence-electron chi connectivity index (χ0n) is 17.1. The third-order valence-electron chi connectivity index (χ3n) is 4.53. The summed E-state index contributed by atoms with van der Waals surface area (Å²) in [6, 6.07) is 7.36. The number of H-pyrrole nitrogens is 2. The van der Waals surface area contributed by atoms with E-state index in [2.05, 4.69) is 20.3 Å². The number of carbonyl (C=O) groups is 3. The predicted octanol–water partition coefficient (Wildman–Crippen LogP) is 1.42. The average molecular weight is 427 g/mol. The summed E-state index contributed by atoms with van der Waals surface area (Å²) in [5.41, 5.74) is 8.29. The molecule has 2 aromatic heterocycles. The van der Waals surface area contributed by atoms with Crippen molar-refractivity contribution in [3.05, 3.63) is 57.5 Å². The summed E-state index contributed by atoms with van der Waals surface area (Å²) < 4.78 is 0.